The van der Waals surface area contributed by atoms with E-state index in [4.69, 9.17) is 5.73 Å². The number of fused-ring (bicyclic) bond motifs is 1. The van der Waals surface area contributed by atoms with Crippen molar-refractivity contribution in [2.24, 2.45) is 5.73 Å². The van der Waals surface area contributed by atoms with Crippen molar-refractivity contribution in [1.82, 2.24) is 9.38 Å². The van der Waals surface area contributed by atoms with Crippen LogP contribution < -0.4 is 10.6 Å². The van der Waals surface area contributed by atoms with Gasteiger partial charge >= 0.3 is 6.18 Å². The van der Waals surface area contributed by atoms with Crippen molar-refractivity contribution in [3.63, 3.8) is 0 Å². The van der Waals surface area contributed by atoms with Gasteiger partial charge in [0.1, 0.15) is 6.54 Å². The van der Waals surface area contributed by atoms with E-state index in [1.165, 1.54) is 16.2 Å². The van der Waals surface area contributed by atoms with E-state index in [0.29, 0.717) is 18.8 Å². The normalized spacial score (nSPS) is 16.0. The molecule has 0 amide bonds. The summed E-state index contributed by atoms with van der Waals surface area (Å²) in [6.07, 6.45) is -0.277. The van der Waals surface area contributed by atoms with Crippen LogP contribution in [0.25, 0.3) is 4.96 Å². The fourth-order valence-corrected chi connectivity index (χ4v) is 3.10. The van der Waals surface area contributed by atoms with E-state index in [-0.39, 0.29) is 6.04 Å². The van der Waals surface area contributed by atoms with E-state index in [1.807, 2.05) is 16.0 Å². The SMILES string of the molecule is NCCc1c(N(CC(F)(F)F)C2CC2)nc2sccn12. The summed E-state index contributed by atoms with van der Waals surface area (Å²) in [5, 5.41) is 1.87. The molecule has 1 aliphatic carbocycles. The maximum atomic E-state index is 12.8. The van der Waals surface area contributed by atoms with Crippen LogP contribution in [0.15, 0.2) is 11.6 Å². The smallest absolute Gasteiger partial charge is 0.343 e. The highest BCUT2D eigenvalue weighted by Crippen LogP contribution is 2.36. The van der Waals surface area contributed by atoms with E-state index in [2.05, 4.69) is 4.98 Å². The summed E-state index contributed by atoms with van der Waals surface area (Å²) in [5.74, 6) is 0.446. The number of rotatable bonds is 5. The molecule has 0 aromatic carbocycles. The van der Waals surface area contributed by atoms with E-state index in [0.717, 1.165) is 23.5 Å². The summed E-state index contributed by atoms with van der Waals surface area (Å²) in [4.78, 5) is 6.50. The van der Waals surface area contributed by atoms with Gasteiger partial charge in [0.05, 0.1) is 5.69 Å². The number of nitrogens with two attached hydrogens (primary N) is 1. The molecule has 0 radical (unpaired) electrons. The zero-order chi connectivity index (χ0) is 14.3. The number of imidazole rings is 1. The first-order valence-corrected chi connectivity index (χ1v) is 7.35. The Kier molecular flexibility index (Phi) is 3.37. The largest absolute Gasteiger partial charge is 0.405 e. The Hall–Kier alpha value is -1.28. The van der Waals surface area contributed by atoms with Gasteiger partial charge < -0.3 is 10.6 Å². The molecule has 2 aromatic heterocycles. The Morgan fingerprint density at radius 3 is 2.80 bits per heavy atom. The van der Waals surface area contributed by atoms with Gasteiger partial charge in [0, 0.05) is 24.0 Å². The third kappa shape index (κ3) is 2.62. The minimum Gasteiger partial charge on any atom is -0.343 e. The molecule has 8 heteroatoms. The number of nitrogens with zero attached hydrogens (tertiary/aromatic N) is 3. The van der Waals surface area contributed by atoms with Gasteiger partial charge in [-0.1, -0.05) is 0 Å². The van der Waals surface area contributed by atoms with Crippen LogP contribution in [0.1, 0.15) is 18.5 Å². The van der Waals surface area contributed by atoms with Crippen molar-refractivity contribution < 1.29 is 13.2 Å². The second kappa shape index (κ2) is 4.92. The minimum absolute atomic E-state index is 0.0437. The van der Waals surface area contributed by atoms with Crippen molar-refractivity contribution >= 4 is 22.1 Å². The third-order valence-corrected chi connectivity index (χ3v) is 4.09. The van der Waals surface area contributed by atoms with Gasteiger partial charge in [0.15, 0.2) is 10.8 Å². The first-order valence-electron chi connectivity index (χ1n) is 6.47. The summed E-state index contributed by atoms with van der Waals surface area (Å²) in [5.41, 5.74) is 6.37. The molecule has 4 nitrogen and oxygen atoms in total. The number of thiazole rings is 1. The maximum absolute atomic E-state index is 12.8. The Bertz CT molecular complexity index is 599. The molecule has 0 saturated heterocycles. The lowest BCUT2D eigenvalue weighted by molar-refractivity contribution is -0.120. The Morgan fingerprint density at radius 2 is 2.20 bits per heavy atom. The monoisotopic (exact) mass is 304 g/mol. The fraction of sp³-hybridized carbons (Fsp3) is 0.583. The maximum Gasteiger partial charge on any atom is 0.405 e. The molecule has 0 atom stereocenters. The zero-order valence-electron chi connectivity index (χ0n) is 10.7. The molecule has 0 bridgehead atoms. The van der Waals surface area contributed by atoms with Gasteiger partial charge in [-0.15, -0.1) is 11.3 Å². The lowest BCUT2D eigenvalue weighted by atomic mass is 10.3. The number of halogens is 3. The van der Waals surface area contributed by atoms with Crippen molar-refractivity contribution in [2.45, 2.75) is 31.5 Å². The second-order valence-corrected chi connectivity index (χ2v) is 5.82. The van der Waals surface area contributed by atoms with Crippen molar-refractivity contribution in [3.8, 4) is 0 Å². The topological polar surface area (TPSA) is 46.6 Å². The van der Waals surface area contributed by atoms with Gasteiger partial charge in [-0.25, -0.2) is 4.98 Å². The molecule has 2 heterocycles. The summed E-state index contributed by atoms with van der Waals surface area (Å²) in [6.45, 7) is -0.554. The molecule has 0 unspecified atom stereocenters. The molecular formula is C12H15F3N4S. The lowest BCUT2D eigenvalue weighted by Crippen LogP contribution is -2.37. The molecule has 3 rings (SSSR count). The summed E-state index contributed by atoms with van der Waals surface area (Å²) in [7, 11) is 0. The summed E-state index contributed by atoms with van der Waals surface area (Å²) in [6, 6.07) is -0.0437. The first-order chi connectivity index (χ1) is 9.49. The highest BCUT2D eigenvalue weighted by Gasteiger charge is 2.40. The van der Waals surface area contributed by atoms with Gasteiger partial charge in [-0.2, -0.15) is 13.2 Å². The summed E-state index contributed by atoms with van der Waals surface area (Å²) < 4.78 is 40.2. The quantitative estimate of drug-likeness (QED) is 0.923. The van der Waals surface area contributed by atoms with Crippen molar-refractivity contribution in [2.75, 3.05) is 18.0 Å². The molecule has 1 aliphatic rings. The van der Waals surface area contributed by atoms with Crippen LogP contribution in [0.3, 0.4) is 0 Å². The van der Waals surface area contributed by atoms with Crippen LogP contribution in [0.4, 0.5) is 19.0 Å². The van der Waals surface area contributed by atoms with E-state index in [9.17, 15) is 13.2 Å². The predicted octanol–water partition coefficient (Wildman–Crippen LogP) is 2.43. The second-order valence-electron chi connectivity index (χ2n) is 4.95. The average molecular weight is 304 g/mol. The fourth-order valence-electron chi connectivity index (χ4n) is 2.38. The Balaban J connectivity index is 2.01. The standard InChI is InChI=1S/C12H15F3N4S/c13-12(14,15)7-19(8-1-2-8)10-9(3-4-16)18-5-6-20-11(18)17-10/h5-6,8H,1-4,7,16H2. The number of anilines is 1. The van der Waals surface area contributed by atoms with Gasteiger partial charge in [0.2, 0.25) is 0 Å². The van der Waals surface area contributed by atoms with Gasteiger partial charge in [-0.05, 0) is 19.4 Å². The van der Waals surface area contributed by atoms with E-state index < -0.39 is 12.7 Å². The lowest BCUT2D eigenvalue weighted by Gasteiger charge is -2.24. The molecule has 1 fully saturated rings. The summed E-state index contributed by atoms with van der Waals surface area (Å²) >= 11 is 1.42. The highest BCUT2D eigenvalue weighted by molar-refractivity contribution is 7.15. The molecule has 2 N–H and O–H groups in total. The minimum atomic E-state index is -4.22. The molecule has 0 spiro atoms. The zero-order valence-corrected chi connectivity index (χ0v) is 11.5. The predicted molar refractivity (Wildman–Crippen MR) is 72.3 cm³/mol. The van der Waals surface area contributed by atoms with E-state index in [1.54, 1.807) is 0 Å². The number of alkyl halides is 3. The molecule has 0 aliphatic heterocycles. The third-order valence-electron chi connectivity index (χ3n) is 3.33. The number of hydrogen-bond donors (Lipinski definition) is 1. The highest BCUT2D eigenvalue weighted by atomic mass is 32.1. The first kappa shape index (κ1) is 13.7. The van der Waals surface area contributed by atoms with Crippen LogP contribution >= 0.6 is 11.3 Å². The average Bonchev–Trinajstić information content (AvgIpc) is 3.00. The van der Waals surface area contributed by atoms with Gasteiger partial charge in [0.25, 0.3) is 0 Å². The van der Waals surface area contributed by atoms with Crippen molar-refractivity contribution in [1.29, 1.82) is 0 Å². The molecular weight excluding hydrogens is 289 g/mol. The van der Waals surface area contributed by atoms with Crippen LogP contribution in [-0.2, 0) is 6.42 Å². The van der Waals surface area contributed by atoms with Crippen LogP contribution in [0, 0.1) is 0 Å². The van der Waals surface area contributed by atoms with Crippen LogP contribution in [0.2, 0.25) is 0 Å². The van der Waals surface area contributed by atoms with E-state index >= 15 is 0 Å². The van der Waals surface area contributed by atoms with Crippen molar-refractivity contribution in [3.05, 3.63) is 17.3 Å². The van der Waals surface area contributed by atoms with Gasteiger partial charge in [-0.3, -0.25) is 4.40 Å². The Labute approximate surface area is 118 Å². The number of aromatic nitrogens is 2. The van der Waals surface area contributed by atoms with Crippen LogP contribution in [0.5, 0.6) is 0 Å². The van der Waals surface area contributed by atoms with Crippen LogP contribution in [-0.4, -0.2) is 34.7 Å². The molecule has 2 aromatic rings. The Morgan fingerprint density at radius 1 is 1.45 bits per heavy atom. The molecule has 110 valence electrons. The molecule has 1 saturated carbocycles. The molecule has 20 heavy (non-hydrogen) atoms. The number of hydrogen-bond acceptors (Lipinski definition) is 4.